The Kier molecular flexibility index (Phi) is 7.73. The van der Waals surface area contributed by atoms with Crippen molar-refractivity contribution >= 4 is 23.0 Å². The van der Waals surface area contributed by atoms with Crippen LogP contribution in [0.1, 0.15) is 80.4 Å². The third-order valence-electron chi connectivity index (χ3n) is 11.7. The molecule has 1 nitrogen and oxygen atoms in total. The van der Waals surface area contributed by atoms with Gasteiger partial charge in [0.15, 0.2) is 0 Å². The summed E-state index contributed by atoms with van der Waals surface area (Å²) < 4.78 is 0. The van der Waals surface area contributed by atoms with E-state index in [9.17, 15) is 0 Å². The van der Waals surface area contributed by atoms with Crippen LogP contribution in [0.4, 0.5) is 5.69 Å². The number of nitrogens with zero attached hydrogens (tertiary/aromatic N) is 1. The van der Waals surface area contributed by atoms with Crippen LogP contribution in [-0.4, -0.2) is 10.5 Å². The smallest absolute Gasteiger partial charge is 0.0455 e. The van der Waals surface area contributed by atoms with Crippen molar-refractivity contribution in [3.63, 3.8) is 0 Å². The van der Waals surface area contributed by atoms with E-state index in [0.29, 0.717) is 40.1 Å². The molecule has 1 fully saturated rings. The fraction of sp³-hybridized carbons (Fsp3) is 0.333. The standard InChI is InChI=1S/C45H45NS/c1-30-16-17-33-27-42(39-15-9-8-14-38(39)41(33)26-30)34-20-25-44-43(28-34)40-24-23-37(29-45(40)47-44)46(35-12-6-3-7-13-35)36-21-18-32(19-22-36)31-10-4-2-5-11-31/h2-6,8-10,12,14-19,21-24,27-28,30-31,33,41,43-45H,7,11,13,20,25-26,29H2,1H3. The van der Waals surface area contributed by atoms with Crippen molar-refractivity contribution < 1.29 is 0 Å². The first kappa shape index (κ1) is 29.4. The number of hydrogen-bond donors (Lipinski definition) is 0. The molecular formula is C45H45NS. The molecule has 0 N–H and O–H groups in total. The van der Waals surface area contributed by atoms with Gasteiger partial charge in [-0.25, -0.2) is 0 Å². The molecule has 0 amide bonds. The van der Waals surface area contributed by atoms with E-state index in [1.165, 1.54) is 53.0 Å². The van der Waals surface area contributed by atoms with Crippen LogP contribution in [0.5, 0.6) is 0 Å². The van der Waals surface area contributed by atoms with E-state index in [2.05, 4.69) is 151 Å². The van der Waals surface area contributed by atoms with Gasteiger partial charge in [0.1, 0.15) is 0 Å². The van der Waals surface area contributed by atoms with E-state index in [-0.39, 0.29) is 0 Å². The molecule has 0 bridgehead atoms. The van der Waals surface area contributed by atoms with Gasteiger partial charge < -0.3 is 4.90 Å². The molecule has 1 heterocycles. The summed E-state index contributed by atoms with van der Waals surface area (Å²) in [7, 11) is 0. The second-order valence-electron chi connectivity index (χ2n) is 14.6. The number of rotatable bonds is 5. The molecule has 6 aliphatic carbocycles. The van der Waals surface area contributed by atoms with Crippen molar-refractivity contribution in [2.24, 2.45) is 17.8 Å². The van der Waals surface area contributed by atoms with Crippen molar-refractivity contribution in [2.75, 3.05) is 4.90 Å². The lowest BCUT2D eigenvalue weighted by atomic mass is 9.68. The molecule has 7 unspecified atom stereocenters. The number of thioether (sulfide) groups is 1. The van der Waals surface area contributed by atoms with Crippen molar-refractivity contribution in [2.45, 2.75) is 74.2 Å². The lowest BCUT2D eigenvalue weighted by Crippen LogP contribution is -2.26. The molecule has 7 aliphatic rings. The molecule has 1 aliphatic heterocycles. The highest BCUT2D eigenvalue weighted by Crippen LogP contribution is 2.55. The number of benzene rings is 2. The van der Waals surface area contributed by atoms with Gasteiger partial charge in [0.25, 0.3) is 0 Å². The van der Waals surface area contributed by atoms with Gasteiger partial charge >= 0.3 is 0 Å². The fourth-order valence-electron chi connectivity index (χ4n) is 9.29. The van der Waals surface area contributed by atoms with Crippen LogP contribution in [0.25, 0.3) is 5.57 Å². The molecule has 1 saturated heterocycles. The van der Waals surface area contributed by atoms with Gasteiger partial charge in [-0.15, -0.1) is 11.8 Å². The predicted molar refractivity (Wildman–Crippen MR) is 201 cm³/mol. The Morgan fingerprint density at radius 1 is 0.809 bits per heavy atom. The molecule has 2 aromatic rings. The predicted octanol–water partition coefficient (Wildman–Crippen LogP) is 11.8. The minimum absolute atomic E-state index is 0.483. The van der Waals surface area contributed by atoms with Crippen LogP contribution in [0, 0.1) is 17.8 Å². The maximum Gasteiger partial charge on any atom is 0.0455 e. The van der Waals surface area contributed by atoms with Crippen LogP contribution in [0.3, 0.4) is 0 Å². The fourth-order valence-corrected chi connectivity index (χ4v) is 11.0. The molecule has 0 spiro atoms. The second kappa shape index (κ2) is 12.4. The highest BCUT2D eigenvalue weighted by atomic mass is 32.2. The van der Waals surface area contributed by atoms with Gasteiger partial charge in [-0.1, -0.05) is 110 Å². The first-order chi connectivity index (χ1) is 23.2. The quantitative estimate of drug-likeness (QED) is 0.302. The van der Waals surface area contributed by atoms with E-state index in [4.69, 9.17) is 0 Å². The maximum absolute atomic E-state index is 2.70. The van der Waals surface area contributed by atoms with Crippen LogP contribution in [0.15, 0.2) is 150 Å². The SMILES string of the molecule is CC1C=CC2C=C(C3=CC4C5=CC=C(N(C6=CC=CCC6)c6ccc(C7C=CC=CC7)cc6)CC5SC4CC3)c3ccccc3C2C1. The highest BCUT2D eigenvalue weighted by Gasteiger charge is 2.43. The lowest BCUT2D eigenvalue weighted by Gasteiger charge is -2.37. The molecular weight excluding hydrogens is 587 g/mol. The Bertz CT molecular complexity index is 1840. The molecule has 0 aromatic heterocycles. The Hall–Kier alpha value is -3.75. The minimum atomic E-state index is 0.483. The summed E-state index contributed by atoms with van der Waals surface area (Å²) in [6, 6.07) is 18.8. The van der Waals surface area contributed by atoms with E-state index in [0.717, 1.165) is 25.7 Å². The zero-order chi connectivity index (χ0) is 31.3. The van der Waals surface area contributed by atoms with Gasteiger partial charge in [-0.3, -0.25) is 0 Å². The maximum atomic E-state index is 2.70. The van der Waals surface area contributed by atoms with Crippen LogP contribution in [-0.2, 0) is 0 Å². The van der Waals surface area contributed by atoms with Gasteiger partial charge in [-0.2, -0.15) is 0 Å². The number of anilines is 1. The summed E-state index contributed by atoms with van der Waals surface area (Å²) in [6.07, 6.45) is 39.2. The molecule has 0 radical (unpaired) electrons. The Morgan fingerprint density at radius 3 is 2.57 bits per heavy atom. The first-order valence-corrected chi connectivity index (χ1v) is 19.0. The molecule has 2 aromatic carbocycles. The number of allylic oxidation sites excluding steroid dienone is 17. The molecule has 47 heavy (non-hydrogen) atoms. The van der Waals surface area contributed by atoms with E-state index < -0.39 is 0 Å². The normalized spacial score (nSPS) is 31.8. The molecule has 2 heteroatoms. The second-order valence-corrected chi connectivity index (χ2v) is 16.1. The molecule has 9 rings (SSSR count). The Labute approximate surface area is 285 Å². The van der Waals surface area contributed by atoms with Crippen molar-refractivity contribution in [3.05, 3.63) is 167 Å². The van der Waals surface area contributed by atoms with Gasteiger partial charge in [0, 0.05) is 51.8 Å². The topological polar surface area (TPSA) is 3.24 Å². The summed E-state index contributed by atoms with van der Waals surface area (Å²) in [5.41, 5.74) is 13.4. The summed E-state index contributed by atoms with van der Waals surface area (Å²) in [4.78, 5) is 2.58. The van der Waals surface area contributed by atoms with E-state index in [1.807, 2.05) is 0 Å². The van der Waals surface area contributed by atoms with Gasteiger partial charge in [0.05, 0.1) is 0 Å². The molecule has 236 valence electrons. The van der Waals surface area contributed by atoms with Crippen LogP contribution < -0.4 is 4.90 Å². The minimum Gasteiger partial charge on any atom is -0.318 e. The van der Waals surface area contributed by atoms with Gasteiger partial charge in [0.2, 0.25) is 0 Å². The average molecular weight is 632 g/mol. The Balaban J connectivity index is 1.03. The van der Waals surface area contributed by atoms with Gasteiger partial charge in [-0.05, 0) is 108 Å². The Morgan fingerprint density at radius 2 is 1.72 bits per heavy atom. The zero-order valence-corrected chi connectivity index (χ0v) is 28.3. The van der Waals surface area contributed by atoms with E-state index in [1.54, 1.807) is 16.7 Å². The highest BCUT2D eigenvalue weighted by molar-refractivity contribution is 8.01. The summed E-state index contributed by atoms with van der Waals surface area (Å²) in [6.45, 7) is 2.37. The summed E-state index contributed by atoms with van der Waals surface area (Å²) in [5, 5.41) is 1.24. The lowest BCUT2D eigenvalue weighted by molar-refractivity contribution is 0.452. The summed E-state index contributed by atoms with van der Waals surface area (Å²) in [5.74, 6) is 2.84. The van der Waals surface area contributed by atoms with Crippen LogP contribution in [0.2, 0.25) is 0 Å². The third kappa shape index (κ3) is 5.43. The number of hydrogen-bond acceptors (Lipinski definition) is 2. The van der Waals surface area contributed by atoms with E-state index >= 15 is 0 Å². The van der Waals surface area contributed by atoms with Crippen molar-refractivity contribution in [1.29, 1.82) is 0 Å². The zero-order valence-electron chi connectivity index (χ0n) is 27.5. The first-order valence-electron chi connectivity index (χ1n) is 18.1. The van der Waals surface area contributed by atoms with Crippen molar-refractivity contribution in [1.82, 2.24) is 0 Å². The molecule has 7 atom stereocenters. The monoisotopic (exact) mass is 631 g/mol. The largest absolute Gasteiger partial charge is 0.318 e. The third-order valence-corrected chi connectivity index (χ3v) is 13.3. The summed E-state index contributed by atoms with van der Waals surface area (Å²) >= 11 is 2.26. The van der Waals surface area contributed by atoms with Crippen molar-refractivity contribution in [3.8, 4) is 0 Å². The molecule has 0 saturated carbocycles. The van der Waals surface area contributed by atoms with Crippen LogP contribution >= 0.6 is 11.8 Å². The number of fused-ring (bicyclic) bond motifs is 6. The average Bonchev–Trinajstić information content (AvgIpc) is 3.50.